The zero-order chi connectivity index (χ0) is 15.0. The molecule has 1 aliphatic carbocycles. The van der Waals surface area contributed by atoms with E-state index in [0.29, 0.717) is 12.3 Å². The molecular weight excluding hydrogens is 274 g/mol. The predicted octanol–water partition coefficient (Wildman–Crippen LogP) is 2.14. The summed E-state index contributed by atoms with van der Waals surface area (Å²) >= 11 is 0. The molecular formula is C15H27NO3S. The molecule has 0 aromatic rings. The lowest BCUT2D eigenvalue weighted by Gasteiger charge is -2.41. The van der Waals surface area contributed by atoms with E-state index in [1.165, 1.54) is 6.42 Å². The number of sulfone groups is 1. The second-order valence-electron chi connectivity index (χ2n) is 7.47. The molecule has 20 heavy (non-hydrogen) atoms. The molecule has 1 saturated carbocycles. The Balaban J connectivity index is 1.99. The molecule has 0 radical (unpaired) electrons. The molecule has 3 atom stereocenters. The van der Waals surface area contributed by atoms with Crippen molar-refractivity contribution >= 4 is 15.7 Å². The van der Waals surface area contributed by atoms with Crippen LogP contribution in [0.5, 0.6) is 0 Å². The van der Waals surface area contributed by atoms with E-state index in [4.69, 9.17) is 0 Å². The van der Waals surface area contributed by atoms with E-state index in [1.807, 2.05) is 0 Å². The van der Waals surface area contributed by atoms with Crippen LogP contribution in [0, 0.1) is 17.3 Å². The van der Waals surface area contributed by atoms with Gasteiger partial charge in [-0.05, 0) is 30.6 Å². The minimum absolute atomic E-state index is 0.0335. The van der Waals surface area contributed by atoms with Crippen molar-refractivity contribution in [3.63, 3.8) is 0 Å². The van der Waals surface area contributed by atoms with Gasteiger partial charge in [-0.1, -0.05) is 33.6 Å². The van der Waals surface area contributed by atoms with Crippen LogP contribution in [0.25, 0.3) is 0 Å². The lowest BCUT2D eigenvalue weighted by molar-refractivity contribution is -0.126. The summed E-state index contributed by atoms with van der Waals surface area (Å²) in [6.45, 7) is 6.67. The minimum atomic E-state index is -2.98. The molecule has 1 aliphatic heterocycles. The predicted molar refractivity (Wildman–Crippen MR) is 80.1 cm³/mol. The molecule has 1 amide bonds. The highest BCUT2D eigenvalue weighted by molar-refractivity contribution is 7.91. The van der Waals surface area contributed by atoms with Crippen molar-refractivity contribution in [2.24, 2.45) is 17.3 Å². The summed E-state index contributed by atoms with van der Waals surface area (Å²) in [5.41, 5.74) is 0.181. The summed E-state index contributed by atoms with van der Waals surface area (Å²) in [6.07, 6.45) is 5.04. The maximum absolute atomic E-state index is 12.3. The molecule has 0 bridgehead atoms. The fourth-order valence-corrected chi connectivity index (χ4v) is 5.38. The number of hydrogen-bond acceptors (Lipinski definition) is 3. The summed E-state index contributed by atoms with van der Waals surface area (Å²) < 4.78 is 23.0. The van der Waals surface area contributed by atoms with Gasteiger partial charge in [0.15, 0.2) is 9.84 Å². The van der Waals surface area contributed by atoms with E-state index in [1.54, 1.807) is 0 Å². The Bertz CT molecular complexity index is 464. The molecule has 0 aromatic heterocycles. The van der Waals surface area contributed by atoms with Crippen LogP contribution in [0.4, 0.5) is 0 Å². The fraction of sp³-hybridized carbons (Fsp3) is 0.933. The Labute approximate surface area is 122 Å². The van der Waals surface area contributed by atoms with E-state index in [-0.39, 0.29) is 34.8 Å². The van der Waals surface area contributed by atoms with Crippen molar-refractivity contribution in [1.82, 2.24) is 5.32 Å². The Kier molecular flexibility index (Phi) is 4.47. The Morgan fingerprint density at radius 2 is 1.75 bits per heavy atom. The first-order chi connectivity index (χ1) is 9.19. The van der Waals surface area contributed by atoms with Crippen molar-refractivity contribution in [1.29, 1.82) is 0 Å². The standard InChI is InChI=1S/C15H27NO3S/c1-15(2,3)12-6-4-5-7-13(12)16-14(17)11-8-9-20(18,19)10-11/h11-13H,4-10H2,1-3H3,(H,16,17)/t11-,12+,13+/m0/s1. The van der Waals surface area contributed by atoms with Crippen LogP contribution in [0.15, 0.2) is 0 Å². The van der Waals surface area contributed by atoms with Crippen molar-refractivity contribution in [2.45, 2.75) is 58.9 Å². The summed E-state index contributed by atoms with van der Waals surface area (Å²) in [4.78, 5) is 12.3. The molecule has 0 spiro atoms. The first-order valence-electron chi connectivity index (χ1n) is 7.70. The fourth-order valence-electron chi connectivity index (χ4n) is 3.64. The molecule has 0 aromatic carbocycles. The number of rotatable bonds is 2. The monoisotopic (exact) mass is 301 g/mol. The van der Waals surface area contributed by atoms with Gasteiger partial charge in [-0.2, -0.15) is 0 Å². The lowest BCUT2D eigenvalue weighted by atomic mass is 9.69. The molecule has 2 aliphatic rings. The van der Waals surface area contributed by atoms with Gasteiger partial charge in [-0.15, -0.1) is 0 Å². The Morgan fingerprint density at radius 3 is 2.30 bits per heavy atom. The summed E-state index contributed by atoms with van der Waals surface area (Å²) in [7, 11) is -2.98. The summed E-state index contributed by atoms with van der Waals surface area (Å²) in [5, 5.41) is 3.15. The van der Waals surface area contributed by atoms with E-state index in [2.05, 4.69) is 26.1 Å². The quantitative estimate of drug-likeness (QED) is 0.850. The number of carbonyl (C=O) groups excluding carboxylic acids is 1. The van der Waals surface area contributed by atoms with Crippen molar-refractivity contribution in [3.05, 3.63) is 0 Å². The topological polar surface area (TPSA) is 63.2 Å². The first kappa shape index (κ1) is 15.8. The van der Waals surface area contributed by atoms with Crippen LogP contribution in [0.2, 0.25) is 0 Å². The lowest BCUT2D eigenvalue weighted by Crippen LogP contribution is -2.48. The molecule has 5 heteroatoms. The van der Waals surface area contributed by atoms with Gasteiger partial charge in [0.05, 0.1) is 17.4 Å². The Hall–Kier alpha value is -0.580. The maximum Gasteiger partial charge on any atom is 0.224 e. The second kappa shape index (κ2) is 5.66. The third-order valence-corrected chi connectivity index (χ3v) is 6.58. The normalized spacial score (nSPS) is 33.9. The summed E-state index contributed by atoms with van der Waals surface area (Å²) in [6, 6.07) is 0.208. The van der Waals surface area contributed by atoms with E-state index >= 15 is 0 Å². The van der Waals surface area contributed by atoms with Gasteiger partial charge in [-0.25, -0.2) is 8.42 Å². The molecule has 4 nitrogen and oxygen atoms in total. The van der Waals surface area contributed by atoms with Gasteiger partial charge in [0.2, 0.25) is 5.91 Å². The largest absolute Gasteiger partial charge is 0.353 e. The van der Waals surface area contributed by atoms with Crippen LogP contribution in [-0.2, 0) is 14.6 Å². The number of amides is 1. The highest BCUT2D eigenvalue weighted by atomic mass is 32.2. The molecule has 1 heterocycles. The van der Waals surface area contributed by atoms with Gasteiger partial charge < -0.3 is 5.32 Å². The highest BCUT2D eigenvalue weighted by Gasteiger charge is 2.38. The third-order valence-electron chi connectivity index (χ3n) is 4.81. The number of nitrogens with one attached hydrogen (secondary N) is 1. The average molecular weight is 301 g/mol. The van der Waals surface area contributed by atoms with Gasteiger partial charge in [0.25, 0.3) is 0 Å². The molecule has 116 valence electrons. The van der Waals surface area contributed by atoms with Crippen molar-refractivity contribution < 1.29 is 13.2 Å². The van der Waals surface area contributed by atoms with Crippen LogP contribution in [-0.4, -0.2) is 31.9 Å². The summed E-state index contributed by atoms with van der Waals surface area (Å²) in [5.74, 6) is 0.303. The highest BCUT2D eigenvalue weighted by Crippen LogP contribution is 2.38. The van der Waals surface area contributed by atoms with Crippen LogP contribution >= 0.6 is 0 Å². The first-order valence-corrected chi connectivity index (χ1v) is 9.52. The molecule has 1 N–H and O–H groups in total. The van der Waals surface area contributed by atoms with Crippen molar-refractivity contribution in [2.75, 3.05) is 11.5 Å². The zero-order valence-electron chi connectivity index (χ0n) is 12.8. The van der Waals surface area contributed by atoms with Crippen LogP contribution in [0.3, 0.4) is 0 Å². The van der Waals surface area contributed by atoms with E-state index in [9.17, 15) is 13.2 Å². The zero-order valence-corrected chi connectivity index (χ0v) is 13.6. The second-order valence-corrected chi connectivity index (χ2v) is 9.70. The van der Waals surface area contributed by atoms with Gasteiger partial charge in [0, 0.05) is 6.04 Å². The molecule has 0 unspecified atom stereocenters. The number of hydrogen-bond donors (Lipinski definition) is 1. The molecule has 1 saturated heterocycles. The molecule has 2 rings (SSSR count). The van der Waals surface area contributed by atoms with Crippen LogP contribution in [0.1, 0.15) is 52.9 Å². The van der Waals surface area contributed by atoms with Crippen molar-refractivity contribution in [3.8, 4) is 0 Å². The van der Waals surface area contributed by atoms with E-state index in [0.717, 1.165) is 19.3 Å². The Morgan fingerprint density at radius 1 is 1.10 bits per heavy atom. The third kappa shape index (κ3) is 3.74. The average Bonchev–Trinajstić information content (AvgIpc) is 2.69. The number of carbonyl (C=O) groups is 1. The van der Waals surface area contributed by atoms with Crippen LogP contribution < -0.4 is 5.32 Å². The van der Waals surface area contributed by atoms with Gasteiger partial charge >= 0.3 is 0 Å². The molecule has 2 fully saturated rings. The van der Waals surface area contributed by atoms with E-state index < -0.39 is 9.84 Å². The smallest absolute Gasteiger partial charge is 0.224 e. The van der Waals surface area contributed by atoms with Gasteiger partial charge in [-0.3, -0.25) is 4.79 Å². The SMILES string of the molecule is CC(C)(C)[C@@H]1CCCC[C@H]1NC(=O)[C@H]1CCS(=O)(=O)C1. The maximum atomic E-state index is 12.3. The minimum Gasteiger partial charge on any atom is -0.353 e. The van der Waals surface area contributed by atoms with Gasteiger partial charge in [0.1, 0.15) is 0 Å².